The molecule has 0 unspecified atom stereocenters. The van der Waals surface area contributed by atoms with Gasteiger partial charge in [-0.25, -0.2) is 0 Å². The molecule has 0 spiro atoms. The third-order valence-corrected chi connectivity index (χ3v) is 2.48. The third-order valence-electron chi connectivity index (χ3n) is 1.25. The first kappa shape index (κ1) is 9.99. The fraction of sp³-hybridized carbons (Fsp3) is 0.250. The zero-order chi connectivity index (χ0) is 9.19. The van der Waals surface area contributed by atoms with E-state index in [0.717, 1.165) is 5.56 Å². The maximum atomic E-state index is 12.4. The fourth-order valence-corrected chi connectivity index (χ4v) is 1.84. The van der Waals surface area contributed by atoms with Crippen molar-refractivity contribution in [1.29, 1.82) is 0 Å². The van der Waals surface area contributed by atoms with Crippen molar-refractivity contribution in [3.05, 3.63) is 29.8 Å². The van der Waals surface area contributed by atoms with Crippen LogP contribution in [0.5, 0.6) is 0 Å². The number of benzene rings is 1. The van der Waals surface area contributed by atoms with E-state index >= 15 is 0 Å². The van der Waals surface area contributed by atoms with Gasteiger partial charge in [-0.3, -0.25) is 0 Å². The SMILES string of the molecule is Cc1ccc(SC(F)(F)Br)cc1. The van der Waals surface area contributed by atoms with Gasteiger partial charge in [0.2, 0.25) is 0 Å². The molecule has 0 fully saturated rings. The van der Waals surface area contributed by atoms with Gasteiger partial charge < -0.3 is 0 Å². The summed E-state index contributed by atoms with van der Waals surface area (Å²) in [6.07, 6.45) is 0. The molecule has 0 nitrogen and oxygen atoms in total. The van der Waals surface area contributed by atoms with E-state index in [1.54, 1.807) is 24.3 Å². The first-order valence-electron chi connectivity index (χ1n) is 3.30. The number of thioether (sulfide) groups is 1. The van der Waals surface area contributed by atoms with Gasteiger partial charge in [-0.2, -0.15) is 8.78 Å². The number of rotatable bonds is 2. The number of alkyl halides is 3. The molecule has 0 aliphatic carbocycles. The summed E-state index contributed by atoms with van der Waals surface area (Å²) in [6, 6.07) is 6.96. The van der Waals surface area contributed by atoms with Crippen LogP contribution in [0.1, 0.15) is 5.56 Å². The lowest BCUT2D eigenvalue weighted by Crippen LogP contribution is -1.95. The van der Waals surface area contributed by atoms with Gasteiger partial charge in [0, 0.05) is 20.8 Å². The van der Waals surface area contributed by atoms with Gasteiger partial charge in [-0.05, 0) is 30.8 Å². The Bertz CT molecular complexity index is 253. The quantitative estimate of drug-likeness (QED) is 0.566. The summed E-state index contributed by atoms with van der Waals surface area (Å²) in [5, 5.41) is 0. The molecule has 66 valence electrons. The molecule has 0 saturated heterocycles. The molecule has 0 aromatic heterocycles. The Morgan fingerprint density at radius 2 is 1.75 bits per heavy atom. The highest BCUT2D eigenvalue weighted by Gasteiger charge is 2.25. The van der Waals surface area contributed by atoms with E-state index in [0.29, 0.717) is 16.7 Å². The molecule has 0 heterocycles. The highest BCUT2D eigenvalue weighted by atomic mass is 79.9. The Kier molecular flexibility index (Phi) is 3.12. The van der Waals surface area contributed by atoms with Gasteiger partial charge in [0.05, 0.1) is 0 Å². The van der Waals surface area contributed by atoms with Gasteiger partial charge >= 0.3 is 4.16 Å². The standard InChI is InChI=1S/C8H7BrF2S/c1-6-2-4-7(5-3-6)12-8(9,10)11/h2-5H,1H3. The minimum Gasteiger partial charge on any atom is -0.182 e. The van der Waals surface area contributed by atoms with Crippen molar-refractivity contribution in [2.75, 3.05) is 0 Å². The number of hydrogen-bond donors (Lipinski definition) is 0. The molecule has 1 aromatic carbocycles. The first-order valence-corrected chi connectivity index (χ1v) is 4.91. The Hall–Kier alpha value is -0.0900. The predicted octanol–water partition coefficient (Wildman–Crippen LogP) is 4.03. The molecule has 0 saturated carbocycles. The minimum atomic E-state index is -2.87. The monoisotopic (exact) mass is 252 g/mol. The van der Waals surface area contributed by atoms with Gasteiger partial charge in [0.1, 0.15) is 0 Å². The van der Waals surface area contributed by atoms with E-state index in [2.05, 4.69) is 15.9 Å². The Morgan fingerprint density at radius 3 is 2.17 bits per heavy atom. The van der Waals surface area contributed by atoms with Crippen molar-refractivity contribution in [2.45, 2.75) is 16.0 Å². The van der Waals surface area contributed by atoms with E-state index in [4.69, 9.17) is 0 Å². The Morgan fingerprint density at radius 1 is 1.25 bits per heavy atom. The number of halogens is 3. The summed E-state index contributed by atoms with van der Waals surface area (Å²) in [5.41, 5.74) is 1.07. The number of aryl methyl sites for hydroxylation is 1. The molecule has 0 N–H and O–H groups in total. The summed E-state index contributed by atoms with van der Waals surface area (Å²) < 4.78 is 21.9. The maximum Gasteiger partial charge on any atom is 0.353 e. The van der Waals surface area contributed by atoms with Crippen LogP contribution in [0.25, 0.3) is 0 Å². The van der Waals surface area contributed by atoms with E-state index in [-0.39, 0.29) is 0 Å². The highest BCUT2D eigenvalue weighted by molar-refractivity contribution is 9.11. The summed E-state index contributed by atoms with van der Waals surface area (Å²) in [4.78, 5) is 0.558. The Labute approximate surface area is 82.5 Å². The van der Waals surface area contributed by atoms with E-state index in [9.17, 15) is 8.78 Å². The van der Waals surface area contributed by atoms with E-state index in [1.807, 2.05) is 6.92 Å². The lowest BCUT2D eigenvalue weighted by Gasteiger charge is -2.06. The average Bonchev–Trinajstić information content (AvgIpc) is 1.91. The second kappa shape index (κ2) is 3.75. The van der Waals surface area contributed by atoms with Crippen molar-refractivity contribution in [1.82, 2.24) is 0 Å². The van der Waals surface area contributed by atoms with Crippen LogP contribution < -0.4 is 0 Å². The van der Waals surface area contributed by atoms with Gasteiger partial charge in [-0.15, -0.1) is 0 Å². The molecular formula is C8H7BrF2S. The van der Waals surface area contributed by atoms with Crippen molar-refractivity contribution in [3.63, 3.8) is 0 Å². The van der Waals surface area contributed by atoms with Crippen molar-refractivity contribution >= 4 is 27.7 Å². The predicted molar refractivity (Wildman–Crippen MR) is 50.9 cm³/mol. The van der Waals surface area contributed by atoms with E-state index in [1.165, 1.54) is 0 Å². The molecule has 1 aromatic rings. The molecular weight excluding hydrogens is 246 g/mol. The normalized spacial score (nSPS) is 11.7. The number of hydrogen-bond acceptors (Lipinski definition) is 1. The van der Waals surface area contributed by atoms with Crippen LogP contribution in [-0.4, -0.2) is 4.16 Å². The molecule has 0 amide bonds. The van der Waals surface area contributed by atoms with Crippen molar-refractivity contribution in [2.24, 2.45) is 0 Å². The lowest BCUT2D eigenvalue weighted by molar-refractivity contribution is 0.221. The van der Waals surface area contributed by atoms with Crippen LogP contribution in [0.3, 0.4) is 0 Å². The summed E-state index contributed by atoms with van der Waals surface area (Å²) in [7, 11) is 0. The summed E-state index contributed by atoms with van der Waals surface area (Å²) in [5.74, 6) is 0. The summed E-state index contributed by atoms with van der Waals surface area (Å²) in [6.45, 7) is 1.92. The first-order chi connectivity index (χ1) is 5.47. The van der Waals surface area contributed by atoms with Crippen LogP contribution in [-0.2, 0) is 0 Å². The lowest BCUT2D eigenvalue weighted by atomic mass is 10.2. The largest absolute Gasteiger partial charge is 0.353 e. The second-order valence-electron chi connectivity index (χ2n) is 2.36. The molecule has 0 bridgehead atoms. The topological polar surface area (TPSA) is 0 Å². The van der Waals surface area contributed by atoms with Crippen molar-refractivity contribution in [3.8, 4) is 0 Å². The summed E-state index contributed by atoms with van der Waals surface area (Å²) >= 11 is 2.76. The van der Waals surface area contributed by atoms with Gasteiger partial charge in [0.25, 0.3) is 0 Å². The molecule has 0 atom stereocenters. The van der Waals surface area contributed by atoms with Crippen LogP contribution in [0.4, 0.5) is 8.78 Å². The molecule has 4 heteroatoms. The molecule has 0 aliphatic heterocycles. The molecule has 12 heavy (non-hydrogen) atoms. The smallest absolute Gasteiger partial charge is 0.182 e. The third kappa shape index (κ3) is 3.54. The Balaban J connectivity index is 2.71. The fourth-order valence-electron chi connectivity index (χ4n) is 0.740. The molecule has 1 rings (SSSR count). The molecule has 0 aliphatic rings. The maximum absolute atomic E-state index is 12.4. The average molecular weight is 253 g/mol. The molecule has 0 radical (unpaired) electrons. The second-order valence-corrected chi connectivity index (χ2v) is 5.07. The van der Waals surface area contributed by atoms with Crippen LogP contribution in [0.15, 0.2) is 29.2 Å². The van der Waals surface area contributed by atoms with Crippen LogP contribution >= 0.6 is 27.7 Å². The van der Waals surface area contributed by atoms with Crippen LogP contribution in [0, 0.1) is 6.92 Å². The van der Waals surface area contributed by atoms with Crippen LogP contribution in [0.2, 0.25) is 0 Å². The minimum absolute atomic E-state index is 0.493. The zero-order valence-corrected chi connectivity index (χ0v) is 8.75. The zero-order valence-electron chi connectivity index (χ0n) is 6.35. The highest BCUT2D eigenvalue weighted by Crippen LogP contribution is 2.40. The van der Waals surface area contributed by atoms with Gasteiger partial charge in [0.15, 0.2) is 0 Å². The van der Waals surface area contributed by atoms with E-state index < -0.39 is 4.16 Å². The van der Waals surface area contributed by atoms with Gasteiger partial charge in [-0.1, -0.05) is 17.7 Å². The van der Waals surface area contributed by atoms with Crippen molar-refractivity contribution < 1.29 is 8.78 Å².